The number of aromatic nitrogens is 1. The minimum absolute atomic E-state index is 0.253. The minimum atomic E-state index is -1.81. The summed E-state index contributed by atoms with van der Waals surface area (Å²) in [6.45, 7) is 0. The molecular weight excluding hydrogens is 286 g/mol. The fraction of sp³-hybridized carbons (Fsp3) is 0.0625. The summed E-state index contributed by atoms with van der Waals surface area (Å²) in [5.41, 5.74) is 0.305. The van der Waals surface area contributed by atoms with Gasteiger partial charge in [-0.25, -0.2) is 9.59 Å². The molecule has 0 saturated heterocycles. The summed E-state index contributed by atoms with van der Waals surface area (Å²) in [4.78, 5) is 35.4. The van der Waals surface area contributed by atoms with Crippen molar-refractivity contribution in [3.05, 3.63) is 58.8 Å². The lowest BCUT2D eigenvalue weighted by Crippen LogP contribution is -2.29. The van der Waals surface area contributed by atoms with Crippen LogP contribution in [0.15, 0.2) is 53.3 Å². The molecule has 3 aromatic rings. The van der Waals surface area contributed by atoms with E-state index < -0.39 is 18.0 Å². The van der Waals surface area contributed by atoms with E-state index in [4.69, 9.17) is 0 Å². The minimum Gasteiger partial charge on any atom is -0.479 e. The van der Waals surface area contributed by atoms with Gasteiger partial charge in [0.15, 0.2) is 5.43 Å². The summed E-state index contributed by atoms with van der Waals surface area (Å²) in [5, 5.41) is 19.2. The monoisotopic (exact) mass is 297 g/mol. The highest BCUT2D eigenvalue weighted by Crippen LogP contribution is 2.24. The Morgan fingerprint density at radius 2 is 1.23 bits per heavy atom. The van der Waals surface area contributed by atoms with E-state index in [1.165, 1.54) is 4.57 Å². The first-order valence-corrected chi connectivity index (χ1v) is 6.50. The average Bonchev–Trinajstić information content (AvgIpc) is 2.50. The van der Waals surface area contributed by atoms with Crippen molar-refractivity contribution in [3.8, 4) is 0 Å². The second-order valence-corrected chi connectivity index (χ2v) is 4.81. The van der Waals surface area contributed by atoms with E-state index in [1.54, 1.807) is 48.5 Å². The van der Waals surface area contributed by atoms with Crippen LogP contribution in [0.4, 0.5) is 0 Å². The van der Waals surface area contributed by atoms with Crippen molar-refractivity contribution in [2.45, 2.75) is 6.04 Å². The number of rotatable bonds is 3. The number of fused-ring (bicyclic) bond motifs is 2. The van der Waals surface area contributed by atoms with Gasteiger partial charge in [0, 0.05) is 10.8 Å². The van der Waals surface area contributed by atoms with Gasteiger partial charge in [-0.1, -0.05) is 24.3 Å². The molecule has 0 bridgehead atoms. The predicted octanol–water partition coefficient (Wildman–Crippen LogP) is 1.86. The molecule has 0 saturated carbocycles. The highest BCUT2D eigenvalue weighted by Gasteiger charge is 2.30. The standard InChI is InChI=1S/C16H11NO5/c18-14-9-5-1-3-7-11(9)17(13(15(19)20)16(21)22)12-8-4-2-6-10(12)14/h1-8,13H,(H,19,20)(H,21,22). The van der Waals surface area contributed by atoms with Crippen LogP contribution in [-0.2, 0) is 9.59 Å². The molecule has 0 spiro atoms. The van der Waals surface area contributed by atoms with Gasteiger partial charge in [-0.3, -0.25) is 4.79 Å². The summed E-state index contributed by atoms with van der Waals surface area (Å²) in [5.74, 6) is -2.99. The second-order valence-electron chi connectivity index (χ2n) is 4.81. The largest absolute Gasteiger partial charge is 0.479 e. The molecule has 2 aromatic carbocycles. The molecule has 1 heterocycles. The maximum Gasteiger partial charge on any atom is 0.338 e. The van der Waals surface area contributed by atoms with Crippen molar-refractivity contribution in [2.75, 3.05) is 0 Å². The lowest BCUT2D eigenvalue weighted by molar-refractivity contribution is -0.152. The van der Waals surface area contributed by atoms with Crippen molar-refractivity contribution >= 4 is 33.7 Å². The van der Waals surface area contributed by atoms with E-state index in [0.717, 1.165) is 0 Å². The number of benzene rings is 2. The number of carboxylic acid groups (broad SMARTS) is 2. The van der Waals surface area contributed by atoms with Gasteiger partial charge in [-0.15, -0.1) is 0 Å². The molecule has 0 atom stereocenters. The third-order valence-corrected chi connectivity index (χ3v) is 3.54. The van der Waals surface area contributed by atoms with Gasteiger partial charge >= 0.3 is 11.9 Å². The molecule has 3 rings (SSSR count). The zero-order valence-electron chi connectivity index (χ0n) is 11.3. The van der Waals surface area contributed by atoms with Crippen molar-refractivity contribution in [2.24, 2.45) is 0 Å². The van der Waals surface area contributed by atoms with Crippen LogP contribution in [0.2, 0.25) is 0 Å². The lowest BCUT2D eigenvalue weighted by Gasteiger charge is -2.18. The molecule has 2 N–H and O–H groups in total. The van der Waals surface area contributed by atoms with Gasteiger partial charge in [0.25, 0.3) is 0 Å². The van der Waals surface area contributed by atoms with Crippen LogP contribution >= 0.6 is 0 Å². The van der Waals surface area contributed by atoms with Gasteiger partial charge in [0.1, 0.15) is 0 Å². The van der Waals surface area contributed by atoms with E-state index in [2.05, 4.69) is 0 Å². The van der Waals surface area contributed by atoms with Crippen LogP contribution in [0.5, 0.6) is 0 Å². The molecule has 1 aromatic heterocycles. The van der Waals surface area contributed by atoms with Crippen molar-refractivity contribution in [3.63, 3.8) is 0 Å². The van der Waals surface area contributed by atoms with E-state index >= 15 is 0 Å². The highest BCUT2D eigenvalue weighted by atomic mass is 16.4. The van der Waals surface area contributed by atoms with Crippen molar-refractivity contribution < 1.29 is 19.8 Å². The number of carbonyl (C=O) groups is 2. The zero-order chi connectivity index (χ0) is 15.9. The second kappa shape index (κ2) is 5.00. The van der Waals surface area contributed by atoms with E-state index in [1.807, 2.05) is 0 Å². The topological polar surface area (TPSA) is 96.6 Å². The first-order valence-electron chi connectivity index (χ1n) is 6.50. The fourth-order valence-corrected chi connectivity index (χ4v) is 2.63. The SMILES string of the molecule is O=C(O)C(C(=O)O)n1c2ccccc2c(=O)c2ccccc21. The molecule has 6 heteroatoms. The molecule has 0 radical (unpaired) electrons. The average molecular weight is 297 g/mol. The van der Waals surface area contributed by atoms with E-state index in [9.17, 15) is 24.6 Å². The molecule has 6 nitrogen and oxygen atoms in total. The molecule has 0 unspecified atom stereocenters. The maximum atomic E-state index is 12.5. The molecule has 0 aliphatic carbocycles. The first kappa shape index (κ1) is 13.8. The Labute approximate surface area is 123 Å². The number of para-hydroxylation sites is 2. The Morgan fingerprint density at radius 3 is 1.64 bits per heavy atom. The number of pyridine rings is 1. The van der Waals surface area contributed by atoms with Gasteiger partial charge in [-0.05, 0) is 24.3 Å². The van der Waals surface area contributed by atoms with Crippen LogP contribution in [0.1, 0.15) is 6.04 Å². The quantitative estimate of drug-likeness (QED) is 0.568. The molecule has 0 aliphatic heterocycles. The lowest BCUT2D eigenvalue weighted by atomic mass is 10.1. The number of aliphatic carboxylic acids is 2. The van der Waals surface area contributed by atoms with Crippen LogP contribution in [-0.4, -0.2) is 26.7 Å². The Balaban J connectivity index is 2.60. The smallest absolute Gasteiger partial charge is 0.338 e. The molecular formula is C16H11NO5. The van der Waals surface area contributed by atoms with Gasteiger partial charge in [-0.2, -0.15) is 0 Å². The molecule has 0 fully saturated rings. The summed E-state index contributed by atoms with van der Waals surface area (Å²) in [6, 6.07) is 11.0. The van der Waals surface area contributed by atoms with Crippen molar-refractivity contribution in [1.29, 1.82) is 0 Å². The summed E-state index contributed by atoms with van der Waals surface area (Å²) < 4.78 is 1.18. The first-order chi connectivity index (χ1) is 10.5. The summed E-state index contributed by atoms with van der Waals surface area (Å²) >= 11 is 0. The summed E-state index contributed by atoms with van der Waals surface area (Å²) in [7, 11) is 0. The van der Waals surface area contributed by atoms with E-state index in [-0.39, 0.29) is 27.2 Å². The Bertz CT molecular complexity index is 899. The Hall–Kier alpha value is -3.15. The third-order valence-electron chi connectivity index (χ3n) is 3.54. The van der Waals surface area contributed by atoms with Gasteiger partial charge in [0.05, 0.1) is 11.0 Å². The molecule has 0 amide bonds. The molecule has 110 valence electrons. The highest BCUT2D eigenvalue weighted by molar-refractivity contribution is 6.01. The predicted molar refractivity (Wildman–Crippen MR) is 80.0 cm³/mol. The number of hydrogen-bond donors (Lipinski definition) is 2. The third kappa shape index (κ3) is 1.93. The van der Waals surface area contributed by atoms with Gasteiger partial charge < -0.3 is 14.8 Å². The number of carboxylic acids is 2. The fourth-order valence-electron chi connectivity index (χ4n) is 2.63. The maximum absolute atomic E-state index is 12.5. The van der Waals surface area contributed by atoms with Crippen LogP contribution in [0.3, 0.4) is 0 Å². The van der Waals surface area contributed by atoms with Crippen LogP contribution in [0, 0.1) is 0 Å². The van der Waals surface area contributed by atoms with E-state index in [0.29, 0.717) is 0 Å². The Kier molecular flexibility index (Phi) is 3.14. The Morgan fingerprint density at radius 1 is 0.818 bits per heavy atom. The zero-order valence-corrected chi connectivity index (χ0v) is 11.3. The number of hydrogen-bond acceptors (Lipinski definition) is 3. The van der Waals surface area contributed by atoms with Crippen molar-refractivity contribution in [1.82, 2.24) is 4.57 Å². The summed E-state index contributed by atoms with van der Waals surface area (Å²) in [6.07, 6.45) is 0. The molecule has 0 aliphatic rings. The molecule has 22 heavy (non-hydrogen) atoms. The normalized spacial score (nSPS) is 11.1. The van der Waals surface area contributed by atoms with Crippen LogP contribution in [0.25, 0.3) is 21.8 Å². The van der Waals surface area contributed by atoms with Crippen LogP contribution < -0.4 is 5.43 Å². The number of nitrogens with zero attached hydrogens (tertiary/aromatic N) is 1. The van der Waals surface area contributed by atoms with Gasteiger partial charge in [0.2, 0.25) is 6.04 Å².